The minimum Gasteiger partial charge on any atom is -0.344 e. The Bertz CT molecular complexity index is 403. The summed E-state index contributed by atoms with van der Waals surface area (Å²) >= 11 is 0. The molecular formula is C13H18N2O2. The first-order chi connectivity index (χ1) is 7.99. The maximum absolute atomic E-state index is 6.44. The molecular weight excluding hydrogens is 216 g/mol. The summed E-state index contributed by atoms with van der Waals surface area (Å²) in [6.45, 7) is 3.90. The van der Waals surface area contributed by atoms with E-state index in [1.165, 1.54) is 0 Å². The lowest BCUT2D eigenvalue weighted by Gasteiger charge is -2.27. The Balaban J connectivity index is 1.82. The van der Waals surface area contributed by atoms with Crippen molar-refractivity contribution in [3.05, 3.63) is 30.1 Å². The highest BCUT2D eigenvalue weighted by atomic mass is 16.8. The van der Waals surface area contributed by atoms with Crippen LogP contribution in [-0.2, 0) is 15.0 Å². The van der Waals surface area contributed by atoms with Crippen LogP contribution in [0.1, 0.15) is 32.4 Å². The number of fused-ring (bicyclic) bond motifs is 1. The van der Waals surface area contributed by atoms with E-state index < -0.39 is 11.3 Å². The Morgan fingerprint density at radius 2 is 1.88 bits per heavy atom. The summed E-state index contributed by atoms with van der Waals surface area (Å²) < 4.78 is 11.7. The molecule has 1 unspecified atom stereocenters. The Morgan fingerprint density at radius 1 is 1.24 bits per heavy atom. The number of rotatable bonds is 1. The van der Waals surface area contributed by atoms with Crippen molar-refractivity contribution in [2.75, 3.05) is 0 Å². The lowest BCUT2D eigenvalue weighted by Crippen LogP contribution is -2.37. The molecule has 1 aromatic heterocycles. The summed E-state index contributed by atoms with van der Waals surface area (Å²) in [5.74, 6) is -0.471. The van der Waals surface area contributed by atoms with E-state index in [4.69, 9.17) is 15.2 Å². The van der Waals surface area contributed by atoms with Gasteiger partial charge >= 0.3 is 0 Å². The molecule has 4 heteroatoms. The maximum atomic E-state index is 6.44. The molecule has 1 aliphatic heterocycles. The number of hydrogen-bond donors (Lipinski definition) is 1. The fourth-order valence-electron chi connectivity index (χ4n) is 2.92. The summed E-state index contributed by atoms with van der Waals surface area (Å²) in [6.07, 6.45) is 3.52. The lowest BCUT2D eigenvalue weighted by molar-refractivity contribution is -0.155. The Morgan fingerprint density at radius 3 is 2.41 bits per heavy atom. The highest BCUT2D eigenvalue weighted by Gasteiger charge is 2.53. The van der Waals surface area contributed by atoms with Gasteiger partial charge in [0.15, 0.2) is 5.79 Å². The summed E-state index contributed by atoms with van der Waals surface area (Å²) in [6, 6.07) is 5.85. The zero-order chi connectivity index (χ0) is 12.1. The first kappa shape index (κ1) is 11.1. The van der Waals surface area contributed by atoms with Crippen LogP contribution >= 0.6 is 0 Å². The van der Waals surface area contributed by atoms with Gasteiger partial charge in [0, 0.05) is 6.20 Å². The number of nitrogens with zero attached hydrogens (tertiary/aromatic N) is 1. The van der Waals surface area contributed by atoms with Gasteiger partial charge < -0.3 is 15.2 Å². The van der Waals surface area contributed by atoms with Crippen molar-refractivity contribution in [3.63, 3.8) is 0 Å². The minimum atomic E-state index is -0.471. The van der Waals surface area contributed by atoms with Gasteiger partial charge in [-0.25, -0.2) is 0 Å². The second-order valence-electron chi connectivity index (χ2n) is 5.49. The van der Waals surface area contributed by atoms with Crippen molar-refractivity contribution in [2.24, 2.45) is 5.73 Å². The highest BCUT2D eigenvalue weighted by molar-refractivity contribution is 5.20. The Kier molecular flexibility index (Phi) is 2.30. The van der Waals surface area contributed by atoms with Gasteiger partial charge in [-0.05, 0) is 38.8 Å². The van der Waals surface area contributed by atoms with E-state index in [-0.39, 0.29) is 12.2 Å². The van der Waals surface area contributed by atoms with Gasteiger partial charge in [0.25, 0.3) is 0 Å². The van der Waals surface area contributed by atoms with Gasteiger partial charge in [0.05, 0.1) is 23.4 Å². The molecule has 1 saturated carbocycles. The van der Waals surface area contributed by atoms with E-state index in [1.807, 2.05) is 32.0 Å². The van der Waals surface area contributed by atoms with Crippen molar-refractivity contribution >= 4 is 0 Å². The molecule has 92 valence electrons. The normalized spacial score (nSPS) is 39.2. The predicted octanol–water partition coefficient (Wildman–Crippen LogP) is 1.55. The van der Waals surface area contributed by atoms with Gasteiger partial charge in [0.1, 0.15) is 0 Å². The summed E-state index contributed by atoms with van der Waals surface area (Å²) in [4.78, 5) is 4.36. The molecule has 4 nitrogen and oxygen atoms in total. The fraction of sp³-hybridized carbons (Fsp3) is 0.615. The number of ether oxygens (including phenoxy) is 2. The molecule has 2 heterocycles. The first-order valence-electron chi connectivity index (χ1n) is 6.05. The van der Waals surface area contributed by atoms with E-state index in [1.54, 1.807) is 6.20 Å². The zero-order valence-corrected chi connectivity index (χ0v) is 10.2. The lowest BCUT2D eigenvalue weighted by atomic mass is 9.93. The molecule has 0 amide bonds. The molecule has 1 saturated heterocycles. The largest absolute Gasteiger partial charge is 0.344 e. The molecule has 3 atom stereocenters. The third-order valence-corrected chi connectivity index (χ3v) is 3.59. The number of pyridine rings is 1. The van der Waals surface area contributed by atoms with Gasteiger partial charge in [-0.1, -0.05) is 6.07 Å². The van der Waals surface area contributed by atoms with E-state index in [0.29, 0.717) is 0 Å². The molecule has 0 spiro atoms. The van der Waals surface area contributed by atoms with Crippen LogP contribution < -0.4 is 5.73 Å². The van der Waals surface area contributed by atoms with Crippen LogP contribution in [0.15, 0.2) is 24.4 Å². The van der Waals surface area contributed by atoms with Crippen LogP contribution in [0, 0.1) is 0 Å². The van der Waals surface area contributed by atoms with Crippen molar-refractivity contribution in [1.82, 2.24) is 4.98 Å². The van der Waals surface area contributed by atoms with Gasteiger partial charge in [-0.2, -0.15) is 0 Å². The average Bonchev–Trinajstić information content (AvgIpc) is 2.69. The molecule has 2 fully saturated rings. The number of nitrogens with two attached hydrogens (primary N) is 1. The number of aromatic nitrogens is 1. The van der Waals surface area contributed by atoms with Crippen LogP contribution in [0.5, 0.6) is 0 Å². The third-order valence-electron chi connectivity index (χ3n) is 3.59. The smallest absolute Gasteiger partial charge is 0.163 e. The molecule has 0 radical (unpaired) electrons. The molecule has 17 heavy (non-hydrogen) atoms. The summed E-state index contributed by atoms with van der Waals surface area (Å²) in [7, 11) is 0. The standard InChI is InChI=1S/C13H18N2O2/c1-12(2)16-9-7-13(14,8-10(9)17-12)11-5-3-4-6-15-11/h3-6,9-10H,7-8,14H2,1-2H3/t9-,10+,13?. The second-order valence-corrected chi connectivity index (χ2v) is 5.49. The minimum absolute atomic E-state index is 0.0945. The number of hydrogen-bond acceptors (Lipinski definition) is 4. The maximum Gasteiger partial charge on any atom is 0.163 e. The van der Waals surface area contributed by atoms with E-state index in [9.17, 15) is 0 Å². The first-order valence-corrected chi connectivity index (χ1v) is 6.05. The quantitative estimate of drug-likeness (QED) is 0.801. The molecule has 1 aliphatic carbocycles. The Labute approximate surface area is 101 Å². The predicted molar refractivity (Wildman–Crippen MR) is 63.2 cm³/mol. The Hall–Kier alpha value is -0.970. The van der Waals surface area contributed by atoms with Crippen LogP contribution in [0.2, 0.25) is 0 Å². The fourth-order valence-corrected chi connectivity index (χ4v) is 2.92. The van der Waals surface area contributed by atoms with Crippen molar-refractivity contribution in [1.29, 1.82) is 0 Å². The topological polar surface area (TPSA) is 57.4 Å². The van der Waals surface area contributed by atoms with E-state index in [2.05, 4.69) is 4.98 Å². The second kappa shape index (κ2) is 3.51. The van der Waals surface area contributed by atoms with Crippen molar-refractivity contribution in [3.8, 4) is 0 Å². The average molecular weight is 234 g/mol. The van der Waals surface area contributed by atoms with Crippen LogP contribution in [0.3, 0.4) is 0 Å². The molecule has 1 aromatic rings. The van der Waals surface area contributed by atoms with Crippen LogP contribution in [0.4, 0.5) is 0 Å². The molecule has 2 N–H and O–H groups in total. The summed E-state index contributed by atoms with van der Waals surface area (Å²) in [5, 5.41) is 0. The summed E-state index contributed by atoms with van der Waals surface area (Å²) in [5.41, 5.74) is 6.96. The molecule has 2 aliphatic rings. The van der Waals surface area contributed by atoms with Crippen molar-refractivity contribution in [2.45, 2.75) is 50.2 Å². The zero-order valence-electron chi connectivity index (χ0n) is 10.2. The van der Waals surface area contributed by atoms with E-state index >= 15 is 0 Å². The highest BCUT2D eigenvalue weighted by Crippen LogP contribution is 2.45. The van der Waals surface area contributed by atoms with Gasteiger partial charge in [-0.15, -0.1) is 0 Å². The van der Waals surface area contributed by atoms with E-state index in [0.717, 1.165) is 18.5 Å². The third kappa shape index (κ3) is 1.86. The molecule has 3 rings (SSSR count). The van der Waals surface area contributed by atoms with Crippen LogP contribution in [-0.4, -0.2) is 23.0 Å². The molecule has 0 bridgehead atoms. The SMILES string of the molecule is CC1(C)O[C@H]2CC(N)(c3ccccn3)C[C@H]2O1. The van der Waals surface area contributed by atoms with Crippen LogP contribution in [0.25, 0.3) is 0 Å². The van der Waals surface area contributed by atoms with Gasteiger partial charge in [-0.3, -0.25) is 4.98 Å². The van der Waals surface area contributed by atoms with Gasteiger partial charge in [0.2, 0.25) is 0 Å². The monoisotopic (exact) mass is 234 g/mol. The molecule has 0 aromatic carbocycles. The van der Waals surface area contributed by atoms with Crippen molar-refractivity contribution < 1.29 is 9.47 Å².